The summed E-state index contributed by atoms with van der Waals surface area (Å²) in [5.74, 6) is 0. The van der Waals surface area contributed by atoms with Gasteiger partial charge in [0.05, 0.1) is 0 Å². The first-order valence-corrected chi connectivity index (χ1v) is 5.70. The van der Waals surface area contributed by atoms with Crippen LogP contribution in [0.4, 0.5) is 13.2 Å². The molecule has 0 bridgehead atoms. The quantitative estimate of drug-likeness (QED) is 0.639. The second kappa shape index (κ2) is 4.15. The van der Waals surface area contributed by atoms with Gasteiger partial charge in [0.1, 0.15) is 0 Å². The Morgan fingerprint density at radius 2 is 1.60 bits per heavy atom. The first kappa shape index (κ1) is 12.5. The Bertz CT molecular complexity index is 350. The summed E-state index contributed by atoms with van der Waals surface area (Å²) in [4.78, 5) is 0. The van der Waals surface area contributed by atoms with Crippen LogP contribution in [0.1, 0.15) is 5.56 Å². The van der Waals surface area contributed by atoms with Gasteiger partial charge in [0.2, 0.25) is 0 Å². The molecule has 0 heterocycles. The first-order chi connectivity index (χ1) is 6.70. The van der Waals surface area contributed by atoms with Gasteiger partial charge in [-0.05, 0) is 0 Å². The Morgan fingerprint density at radius 3 is 2.07 bits per heavy atom. The standard InChI is InChI=1S/C7H7BF3O3Se/c9-7(10,11)5-3-1-2-4-6(5)15-8(12,13)14/h1-4,12-14H/q-1. The van der Waals surface area contributed by atoms with Crippen molar-refractivity contribution in [2.75, 3.05) is 0 Å². The van der Waals surface area contributed by atoms with E-state index >= 15 is 0 Å². The van der Waals surface area contributed by atoms with E-state index in [1.54, 1.807) is 0 Å². The molecule has 0 amide bonds. The van der Waals surface area contributed by atoms with Crippen LogP contribution in [0.2, 0.25) is 0 Å². The Morgan fingerprint density at radius 1 is 1.07 bits per heavy atom. The Hall–Kier alpha value is -0.526. The molecule has 0 radical (unpaired) electrons. The van der Waals surface area contributed by atoms with Crippen molar-refractivity contribution in [2.45, 2.75) is 6.18 Å². The van der Waals surface area contributed by atoms with Gasteiger partial charge in [-0.15, -0.1) is 0 Å². The zero-order chi connectivity index (χ0) is 11.7. The van der Waals surface area contributed by atoms with Crippen LogP contribution >= 0.6 is 0 Å². The van der Waals surface area contributed by atoms with Gasteiger partial charge in [-0.2, -0.15) is 0 Å². The van der Waals surface area contributed by atoms with E-state index in [1.807, 2.05) is 0 Å². The van der Waals surface area contributed by atoms with Crippen molar-refractivity contribution in [3.05, 3.63) is 29.8 Å². The predicted molar refractivity (Wildman–Crippen MR) is 49.2 cm³/mol. The Kier molecular flexibility index (Phi) is 3.47. The van der Waals surface area contributed by atoms with Crippen LogP contribution < -0.4 is 4.46 Å². The van der Waals surface area contributed by atoms with Crippen molar-refractivity contribution in [1.82, 2.24) is 0 Å². The maximum atomic E-state index is 12.4. The number of halogens is 3. The summed E-state index contributed by atoms with van der Waals surface area (Å²) in [5.41, 5.74) is -4.64. The molecule has 84 valence electrons. The summed E-state index contributed by atoms with van der Waals surface area (Å²) in [6.45, 7) is 0. The molecule has 0 saturated carbocycles. The van der Waals surface area contributed by atoms with Crippen molar-refractivity contribution in [3.63, 3.8) is 0 Å². The molecule has 1 rings (SSSR count). The molecule has 8 heteroatoms. The fourth-order valence-corrected chi connectivity index (χ4v) is 2.67. The summed E-state index contributed by atoms with van der Waals surface area (Å²) in [5, 5.41) is 26.1. The van der Waals surface area contributed by atoms with E-state index in [-0.39, 0.29) is 4.46 Å². The molecule has 0 aliphatic rings. The fourth-order valence-electron chi connectivity index (χ4n) is 0.974. The zero-order valence-corrected chi connectivity index (χ0v) is 8.98. The van der Waals surface area contributed by atoms with Crippen LogP contribution in [0.25, 0.3) is 0 Å². The van der Waals surface area contributed by atoms with Gasteiger partial charge < -0.3 is 0 Å². The predicted octanol–water partition coefficient (Wildman–Crippen LogP) is -0.553. The molecule has 3 N–H and O–H groups in total. The molecule has 0 spiro atoms. The second-order valence-electron chi connectivity index (χ2n) is 2.77. The monoisotopic (exact) mass is 287 g/mol. The molecule has 15 heavy (non-hydrogen) atoms. The van der Waals surface area contributed by atoms with Crippen LogP contribution in [-0.2, 0) is 6.18 Å². The van der Waals surface area contributed by atoms with Gasteiger partial charge in [-0.25, -0.2) is 0 Å². The molecule has 0 aromatic heterocycles. The molecule has 0 fully saturated rings. The summed E-state index contributed by atoms with van der Waals surface area (Å²) in [6.07, 6.45) is -4.56. The van der Waals surface area contributed by atoms with E-state index in [1.165, 1.54) is 12.1 Å². The molecule has 0 atom stereocenters. The molecule has 0 unspecified atom stereocenters. The van der Waals surface area contributed by atoms with Crippen molar-refractivity contribution >= 4 is 24.8 Å². The van der Waals surface area contributed by atoms with Crippen LogP contribution in [0.5, 0.6) is 0 Å². The molecule has 1 aromatic rings. The second-order valence-corrected chi connectivity index (χ2v) is 5.52. The Labute approximate surface area is 89.6 Å². The molecule has 0 aliphatic heterocycles. The average Bonchev–Trinajstić information content (AvgIpc) is 1.99. The maximum absolute atomic E-state index is 12.4. The minimum atomic E-state index is -4.56. The topological polar surface area (TPSA) is 60.7 Å². The zero-order valence-electron chi connectivity index (χ0n) is 7.27. The SMILES string of the molecule is O[B-](O)(O)[Se]c1ccccc1C(F)(F)F. The number of alkyl halides is 3. The third-order valence-electron chi connectivity index (χ3n) is 1.48. The van der Waals surface area contributed by atoms with Crippen LogP contribution in [0.3, 0.4) is 0 Å². The molecule has 0 aliphatic carbocycles. The van der Waals surface area contributed by atoms with E-state index in [0.717, 1.165) is 12.1 Å². The van der Waals surface area contributed by atoms with Crippen molar-refractivity contribution in [3.8, 4) is 0 Å². The van der Waals surface area contributed by atoms with Crippen molar-refractivity contribution in [2.24, 2.45) is 0 Å². The van der Waals surface area contributed by atoms with E-state index < -0.39 is 32.1 Å². The van der Waals surface area contributed by atoms with Crippen molar-refractivity contribution in [1.29, 1.82) is 0 Å². The van der Waals surface area contributed by atoms with E-state index in [9.17, 15) is 13.2 Å². The number of rotatable bonds is 2. The summed E-state index contributed by atoms with van der Waals surface area (Å²) in [7, 11) is 0. The Balaban J connectivity index is 3.08. The van der Waals surface area contributed by atoms with Gasteiger partial charge >= 0.3 is 89.1 Å². The average molecular weight is 286 g/mol. The number of hydrogen-bond acceptors (Lipinski definition) is 3. The van der Waals surface area contributed by atoms with E-state index in [2.05, 4.69) is 0 Å². The van der Waals surface area contributed by atoms with E-state index in [4.69, 9.17) is 15.1 Å². The van der Waals surface area contributed by atoms with Gasteiger partial charge in [-0.1, -0.05) is 0 Å². The van der Waals surface area contributed by atoms with Crippen LogP contribution in [-0.4, -0.2) is 35.4 Å². The van der Waals surface area contributed by atoms with Crippen molar-refractivity contribution < 1.29 is 28.2 Å². The molecular formula is C7H7BF3O3Se-. The number of benzene rings is 1. The third-order valence-corrected chi connectivity index (χ3v) is 3.42. The molecule has 3 nitrogen and oxygen atoms in total. The number of hydrogen-bond donors (Lipinski definition) is 3. The summed E-state index contributed by atoms with van der Waals surface area (Å²) < 4.78 is 36.9. The summed E-state index contributed by atoms with van der Waals surface area (Å²) >= 11 is -1.44. The molecule has 1 aromatic carbocycles. The molecule has 0 saturated heterocycles. The normalized spacial score (nSPS) is 12.9. The third kappa shape index (κ3) is 3.85. The van der Waals surface area contributed by atoms with Gasteiger partial charge in [0.25, 0.3) is 0 Å². The van der Waals surface area contributed by atoms with Crippen LogP contribution in [0, 0.1) is 0 Å². The minimum absolute atomic E-state index is 0.287. The molecular weight excluding hydrogens is 279 g/mol. The fraction of sp³-hybridized carbons (Fsp3) is 0.143. The first-order valence-electron chi connectivity index (χ1n) is 3.86. The van der Waals surface area contributed by atoms with Gasteiger partial charge in [0, 0.05) is 0 Å². The van der Waals surface area contributed by atoms with E-state index in [0.29, 0.717) is 0 Å². The van der Waals surface area contributed by atoms with Gasteiger partial charge in [0.15, 0.2) is 0 Å². The van der Waals surface area contributed by atoms with Crippen LogP contribution in [0.15, 0.2) is 24.3 Å². The summed E-state index contributed by atoms with van der Waals surface area (Å²) in [6, 6.07) is 4.48. The van der Waals surface area contributed by atoms with Gasteiger partial charge in [-0.3, -0.25) is 0 Å².